The molecule has 104 valence electrons. The van der Waals surface area contributed by atoms with Crippen LogP contribution in [-0.2, 0) is 0 Å². The van der Waals surface area contributed by atoms with Gasteiger partial charge in [-0.05, 0) is 43.3 Å². The van der Waals surface area contributed by atoms with Gasteiger partial charge in [0, 0.05) is 23.0 Å². The first-order valence-electron chi connectivity index (χ1n) is 6.41. The Morgan fingerprint density at radius 2 is 1.76 bits per heavy atom. The van der Waals surface area contributed by atoms with Gasteiger partial charge in [-0.3, -0.25) is 0 Å². The van der Waals surface area contributed by atoms with Gasteiger partial charge in [-0.1, -0.05) is 17.7 Å². The molecule has 3 rings (SSSR count). The Bertz CT molecular complexity index is 759. The Labute approximate surface area is 127 Å². The number of nitrogens with zero attached hydrogens (tertiary/aromatic N) is 3. The molecule has 0 aliphatic heterocycles. The molecule has 0 bridgehead atoms. The highest BCUT2D eigenvalue weighted by atomic mass is 35.5. The third-order valence-corrected chi connectivity index (χ3v) is 3.04. The van der Waals surface area contributed by atoms with Gasteiger partial charge in [0.05, 0.1) is 0 Å². The predicted octanol–water partition coefficient (Wildman–Crippen LogP) is 4.29. The number of hydrogen-bond donors (Lipinski definition) is 0. The van der Waals surface area contributed by atoms with E-state index < -0.39 is 0 Å². The molecule has 5 heteroatoms. The summed E-state index contributed by atoms with van der Waals surface area (Å²) in [6.45, 7) is 1.92. The molecule has 0 saturated carbocycles. The first-order chi connectivity index (χ1) is 10.2. The lowest BCUT2D eigenvalue weighted by Gasteiger charge is -2.06. The zero-order valence-corrected chi connectivity index (χ0v) is 12.1. The van der Waals surface area contributed by atoms with Crippen LogP contribution >= 0.6 is 11.6 Å². The van der Waals surface area contributed by atoms with Crippen molar-refractivity contribution >= 4 is 11.6 Å². The quantitative estimate of drug-likeness (QED) is 0.723. The fourth-order valence-corrected chi connectivity index (χ4v) is 1.92. The molecule has 0 aliphatic rings. The Hall–Kier alpha value is -2.46. The number of pyridine rings is 1. The van der Waals surface area contributed by atoms with Crippen molar-refractivity contribution in [3.63, 3.8) is 0 Å². The van der Waals surface area contributed by atoms with E-state index in [2.05, 4.69) is 15.0 Å². The van der Waals surface area contributed by atoms with Crippen LogP contribution in [0, 0.1) is 6.92 Å². The summed E-state index contributed by atoms with van der Waals surface area (Å²) in [5, 5.41) is 0.664. The van der Waals surface area contributed by atoms with Gasteiger partial charge in [0.2, 0.25) is 5.88 Å². The second-order valence-corrected chi connectivity index (χ2v) is 4.88. The standard InChI is InChI=1S/C16H12ClN3O/c1-11-9-10-18-16(19-11)14-3-2-4-15(20-14)21-13-7-5-12(17)6-8-13/h2-10H,1H3. The number of ether oxygens (including phenoxy) is 1. The van der Waals surface area contributed by atoms with Crippen molar-refractivity contribution in [1.29, 1.82) is 0 Å². The molecule has 0 N–H and O–H groups in total. The Kier molecular flexibility index (Phi) is 3.79. The average molecular weight is 298 g/mol. The van der Waals surface area contributed by atoms with Crippen LogP contribution in [0.2, 0.25) is 5.02 Å². The predicted molar refractivity (Wildman–Crippen MR) is 81.5 cm³/mol. The average Bonchev–Trinajstić information content (AvgIpc) is 2.50. The minimum atomic E-state index is 0.486. The van der Waals surface area contributed by atoms with Crippen molar-refractivity contribution in [1.82, 2.24) is 15.0 Å². The van der Waals surface area contributed by atoms with Crippen LogP contribution in [0.15, 0.2) is 54.7 Å². The topological polar surface area (TPSA) is 47.9 Å². The molecular formula is C16H12ClN3O. The summed E-state index contributed by atoms with van der Waals surface area (Å²) in [6.07, 6.45) is 1.71. The highest BCUT2D eigenvalue weighted by Crippen LogP contribution is 2.23. The van der Waals surface area contributed by atoms with Crippen molar-refractivity contribution in [2.75, 3.05) is 0 Å². The van der Waals surface area contributed by atoms with Crippen LogP contribution in [0.5, 0.6) is 11.6 Å². The van der Waals surface area contributed by atoms with Gasteiger partial charge in [-0.25, -0.2) is 15.0 Å². The van der Waals surface area contributed by atoms with Crippen LogP contribution in [-0.4, -0.2) is 15.0 Å². The third-order valence-electron chi connectivity index (χ3n) is 2.78. The minimum Gasteiger partial charge on any atom is -0.439 e. The molecule has 0 atom stereocenters. The molecule has 2 aromatic heterocycles. The molecule has 1 aromatic carbocycles. The summed E-state index contributed by atoms with van der Waals surface area (Å²) in [6, 6.07) is 14.5. The summed E-state index contributed by atoms with van der Waals surface area (Å²) in [4.78, 5) is 13.0. The van der Waals surface area contributed by atoms with Crippen LogP contribution in [0.3, 0.4) is 0 Å². The van der Waals surface area contributed by atoms with E-state index in [1.807, 2.05) is 25.1 Å². The minimum absolute atomic E-state index is 0.486. The zero-order valence-electron chi connectivity index (χ0n) is 11.3. The smallest absolute Gasteiger partial charge is 0.219 e. The van der Waals surface area contributed by atoms with Crippen molar-refractivity contribution in [3.8, 4) is 23.1 Å². The molecule has 0 amide bonds. The largest absolute Gasteiger partial charge is 0.439 e. The first-order valence-corrected chi connectivity index (χ1v) is 6.79. The lowest BCUT2D eigenvalue weighted by atomic mass is 10.3. The number of halogens is 1. The molecular weight excluding hydrogens is 286 g/mol. The van der Waals surface area contributed by atoms with E-state index in [4.69, 9.17) is 16.3 Å². The SMILES string of the molecule is Cc1ccnc(-c2cccc(Oc3ccc(Cl)cc3)n2)n1. The molecule has 0 radical (unpaired) electrons. The fraction of sp³-hybridized carbons (Fsp3) is 0.0625. The van der Waals surface area contributed by atoms with Crippen molar-refractivity contribution in [2.45, 2.75) is 6.92 Å². The molecule has 2 heterocycles. The van der Waals surface area contributed by atoms with Crippen LogP contribution in [0.25, 0.3) is 11.5 Å². The summed E-state index contributed by atoms with van der Waals surface area (Å²) < 4.78 is 5.70. The molecule has 0 unspecified atom stereocenters. The summed E-state index contributed by atoms with van der Waals surface area (Å²) in [5.41, 5.74) is 1.57. The van der Waals surface area contributed by atoms with Crippen LogP contribution in [0.1, 0.15) is 5.69 Å². The van der Waals surface area contributed by atoms with Gasteiger partial charge in [0.15, 0.2) is 5.82 Å². The summed E-state index contributed by atoms with van der Waals surface area (Å²) in [5.74, 6) is 1.74. The summed E-state index contributed by atoms with van der Waals surface area (Å²) >= 11 is 5.85. The number of rotatable bonds is 3. The number of benzene rings is 1. The Morgan fingerprint density at radius 1 is 0.952 bits per heavy atom. The first kappa shape index (κ1) is 13.5. The molecule has 0 fully saturated rings. The zero-order chi connectivity index (χ0) is 14.7. The molecule has 0 aliphatic carbocycles. The van der Waals surface area contributed by atoms with E-state index in [1.165, 1.54) is 0 Å². The van der Waals surface area contributed by atoms with Gasteiger partial charge < -0.3 is 4.74 Å². The lowest BCUT2D eigenvalue weighted by molar-refractivity contribution is 0.463. The Balaban J connectivity index is 1.88. The molecule has 0 saturated heterocycles. The van der Waals surface area contributed by atoms with Gasteiger partial charge in [0.1, 0.15) is 11.4 Å². The highest BCUT2D eigenvalue weighted by Gasteiger charge is 2.05. The third kappa shape index (κ3) is 3.35. The normalized spacial score (nSPS) is 10.4. The van der Waals surface area contributed by atoms with E-state index in [1.54, 1.807) is 36.5 Å². The van der Waals surface area contributed by atoms with Crippen molar-refractivity contribution < 1.29 is 4.74 Å². The van der Waals surface area contributed by atoms with E-state index in [-0.39, 0.29) is 0 Å². The van der Waals surface area contributed by atoms with Gasteiger partial charge in [0.25, 0.3) is 0 Å². The van der Waals surface area contributed by atoms with E-state index in [0.29, 0.717) is 28.2 Å². The highest BCUT2D eigenvalue weighted by molar-refractivity contribution is 6.30. The molecule has 21 heavy (non-hydrogen) atoms. The number of hydrogen-bond acceptors (Lipinski definition) is 4. The van der Waals surface area contributed by atoms with Gasteiger partial charge in [-0.2, -0.15) is 0 Å². The molecule has 0 spiro atoms. The fourth-order valence-electron chi connectivity index (χ4n) is 1.79. The summed E-state index contributed by atoms with van der Waals surface area (Å²) in [7, 11) is 0. The number of aromatic nitrogens is 3. The molecule has 4 nitrogen and oxygen atoms in total. The van der Waals surface area contributed by atoms with Crippen LogP contribution in [0.4, 0.5) is 0 Å². The maximum absolute atomic E-state index is 5.85. The lowest BCUT2D eigenvalue weighted by Crippen LogP contribution is -1.95. The van der Waals surface area contributed by atoms with Gasteiger partial charge in [-0.15, -0.1) is 0 Å². The van der Waals surface area contributed by atoms with E-state index >= 15 is 0 Å². The van der Waals surface area contributed by atoms with Crippen LogP contribution < -0.4 is 4.74 Å². The maximum Gasteiger partial charge on any atom is 0.219 e. The second-order valence-electron chi connectivity index (χ2n) is 4.44. The van der Waals surface area contributed by atoms with E-state index in [9.17, 15) is 0 Å². The second kappa shape index (κ2) is 5.89. The number of aryl methyl sites for hydroxylation is 1. The van der Waals surface area contributed by atoms with E-state index in [0.717, 1.165) is 5.69 Å². The van der Waals surface area contributed by atoms with Crippen molar-refractivity contribution in [3.05, 3.63) is 65.4 Å². The van der Waals surface area contributed by atoms with Crippen molar-refractivity contribution in [2.24, 2.45) is 0 Å². The Morgan fingerprint density at radius 3 is 2.52 bits per heavy atom. The maximum atomic E-state index is 5.85. The monoisotopic (exact) mass is 297 g/mol. The molecule has 3 aromatic rings. The van der Waals surface area contributed by atoms with Gasteiger partial charge >= 0.3 is 0 Å².